The fourth-order valence-corrected chi connectivity index (χ4v) is 5.69. The van der Waals surface area contributed by atoms with Gasteiger partial charge in [-0.3, -0.25) is 9.80 Å². The molecule has 4 heteroatoms. The summed E-state index contributed by atoms with van der Waals surface area (Å²) < 4.78 is 0. The molecule has 0 amide bonds. The summed E-state index contributed by atoms with van der Waals surface area (Å²) in [5, 5.41) is 0.704. The van der Waals surface area contributed by atoms with Crippen molar-refractivity contribution in [2.75, 3.05) is 38.5 Å². The van der Waals surface area contributed by atoms with E-state index in [9.17, 15) is 0 Å². The van der Waals surface area contributed by atoms with Crippen molar-refractivity contribution < 1.29 is 0 Å². The molecule has 3 unspecified atom stereocenters. The van der Waals surface area contributed by atoms with Crippen molar-refractivity contribution in [1.29, 1.82) is 0 Å². The lowest BCUT2D eigenvalue weighted by Gasteiger charge is -2.44. The van der Waals surface area contributed by atoms with Gasteiger partial charge in [0.2, 0.25) is 0 Å². The first-order valence-corrected chi connectivity index (χ1v) is 8.62. The van der Waals surface area contributed by atoms with E-state index in [0.29, 0.717) is 10.8 Å². The van der Waals surface area contributed by atoms with Crippen LogP contribution in [-0.2, 0) is 0 Å². The molecular formula is C14H27N3S. The zero-order valence-corrected chi connectivity index (χ0v) is 12.4. The maximum atomic E-state index is 6.21. The van der Waals surface area contributed by atoms with Crippen LogP contribution in [0.2, 0.25) is 0 Å². The van der Waals surface area contributed by atoms with Gasteiger partial charge in [0.1, 0.15) is 0 Å². The summed E-state index contributed by atoms with van der Waals surface area (Å²) in [5.41, 5.74) is 6.50. The minimum Gasteiger partial charge on any atom is -0.329 e. The van der Waals surface area contributed by atoms with Crippen LogP contribution in [0.3, 0.4) is 0 Å². The summed E-state index contributed by atoms with van der Waals surface area (Å²) >= 11 is 2.12. The highest BCUT2D eigenvalue weighted by Crippen LogP contribution is 2.40. The molecule has 0 spiro atoms. The average molecular weight is 269 g/mol. The second-order valence-electron chi connectivity index (χ2n) is 6.20. The zero-order chi connectivity index (χ0) is 12.6. The van der Waals surface area contributed by atoms with Crippen LogP contribution in [-0.4, -0.2) is 65.1 Å². The number of fused-ring (bicyclic) bond motifs is 1. The van der Waals surface area contributed by atoms with Crippen molar-refractivity contribution in [2.24, 2.45) is 5.73 Å². The number of thioether (sulfide) groups is 1. The van der Waals surface area contributed by atoms with Gasteiger partial charge in [-0.1, -0.05) is 6.92 Å². The molecule has 3 saturated heterocycles. The van der Waals surface area contributed by atoms with Gasteiger partial charge in [-0.2, -0.15) is 11.8 Å². The standard InChI is InChI=1S/C14H27N3S/c1-12-14(11-15,5-9-18-12)17-8-3-7-16-6-2-4-13(16)10-17/h12-13H,2-11,15H2,1H3. The van der Waals surface area contributed by atoms with Crippen molar-refractivity contribution in [3.8, 4) is 0 Å². The Hall–Kier alpha value is 0.230. The lowest BCUT2D eigenvalue weighted by atomic mass is 9.89. The molecule has 3 atom stereocenters. The topological polar surface area (TPSA) is 32.5 Å². The first-order chi connectivity index (χ1) is 8.76. The molecule has 3 heterocycles. The molecule has 3 rings (SSSR count). The number of nitrogens with zero attached hydrogens (tertiary/aromatic N) is 2. The van der Waals surface area contributed by atoms with Gasteiger partial charge in [0.15, 0.2) is 0 Å². The first-order valence-electron chi connectivity index (χ1n) is 7.57. The Morgan fingerprint density at radius 2 is 2.11 bits per heavy atom. The predicted molar refractivity (Wildman–Crippen MR) is 79.1 cm³/mol. The maximum absolute atomic E-state index is 6.21. The van der Waals surface area contributed by atoms with E-state index in [1.165, 1.54) is 57.6 Å². The van der Waals surface area contributed by atoms with Crippen LogP contribution in [0.25, 0.3) is 0 Å². The van der Waals surface area contributed by atoms with E-state index >= 15 is 0 Å². The van der Waals surface area contributed by atoms with Gasteiger partial charge in [-0.05, 0) is 44.5 Å². The van der Waals surface area contributed by atoms with Gasteiger partial charge in [0.05, 0.1) is 0 Å². The van der Waals surface area contributed by atoms with Crippen molar-refractivity contribution >= 4 is 11.8 Å². The third kappa shape index (κ3) is 2.11. The smallest absolute Gasteiger partial charge is 0.0455 e. The van der Waals surface area contributed by atoms with Crippen LogP contribution < -0.4 is 5.73 Å². The molecule has 0 aromatic heterocycles. The average Bonchev–Trinajstić information content (AvgIpc) is 2.91. The molecule has 3 aliphatic heterocycles. The largest absolute Gasteiger partial charge is 0.329 e. The molecular weight excluding hydrogens is 242 g/mol. The molecule has 3 nitrogen and oxygen atoms in total. The van der Waals surface area contributed by atoms with E-state index in [1.54, 1.807) is 0 Å². The summed E-state index contributed by atoms with van der Waals surface area (Å²) in [7, 11) is 0. The van der Waals surface area contributed by atoms with Gasteiger partial charge >= 0.3 is 0 Å². The van der Waals surface area contributed by atoms with Crippen molar-refractivity contribution in [3.05, 3.63) is 0 Å². The summed E-state index contributed by atoms with van der Waals surface area (Å²) in [5.74, 6) is 1.29. The molecule has 2 N–H and O–H groups in total. The fourth-order valence-electron chi connectivity index (χ4n) is 4.19. The lowest BCUT2D eigenvalue weighted by molar-refractivity contribution is 0.0878. The van der Waals surface area contributed by atoms with Crippen LogP contribution >= 0.6 is 11.8 Å². The highest BCUT2D eigenvalue weighted by atomic mass is 32.2. The molecule has 0 aromatic carbocycles. The summed E-state index contributed by atoms with van der Waals surface area (Å²) in [4.78, 5) is 5.49. The Balaban J connectivity index is 1.77. The molecule has 0 bridgehead atoms. The van der Waals surface area contributed by atoms with Crippen LogP contribution in [0, 0.1) is 0 Å². The Bertz CT molecular complexity index is 299. The lowest BCUT2D eigenvalue weighted by Crippen LogP contribution is -2.59. The van der Waals surface area contributed by atoms with Crippen LogP contribution in [0.1, 0.15) is 32.6 Å². The van der Waals surface area contributed by atoms with E-state index in [2.05, 4.69) is 28.5 Å². The molecule has 18 heavy (non-hydrogen) atoms. The van der Waals surface area contributed by atoms with Crippen molar-refractivity contribution in [3.63, 3.8) is 0 Å². The molecule has 3 aliphatic rings. The Labute approximate surface area is 115 Å². The van der Waals surface area contributed by atoms with Gasteiger partial charge in [-0.25, -0.2) is 0 Å². The molecule has 0 radical (unpaired) electrons. The molecule has 0 aliphatic carbocycles. The first kappa shape index (κ1) is 13.2. The normalized spacial score (nSPS) is 43.0. The third-order valence-electron chi connectivity index (χ3n) is 5.45. The van der Waals surface area contributed by atoms with Crippen LogP contribution in [0.4, 0.5) is 0 Å². The van der Waals surface area contributed by atoms with E-state index in [0.717, 1.165) is 12.6 Å². The highest BCUT2D eigenvalue weighted by molar-refractivity contribution is 8.00. The molecule has 3 fully saturated rings. The molecule has 0 saturated carbocycles. The maximum Gasteiger partial charge on any atom is 0.0455 e. The summed E-state index contributed by atoms with van der Waals surface area (Å²) in [6, 6.07) is 0.814. The Kier molecular flexibility index (Phi) is 3.90. The number of hydrogen-bond acceptors (Lipinski definition) is 4. The third-order valence-corrected chi connectivity index (χ3v) is 6.82. The summed E-state index contributed by atoms with van der Waals surface area (Å²) in [6.45, 7) is 8.40. The van der Waals surface area contributed by atoms with Gasteiger partial charge in [-0.15, -0.1) is 0 Å². The van der Waals surface area contributed by atoms with E-state index in [1.807, 2.05) is 0 Å². The van der Waals surface area contributed by atoms with E-state index < -0.39 is 0 Å². The number of hydrogen-bond donors (Lipinski definition) is 1. The SMILES string of the molecule is CC1SCCC1(CN)N1CCCN2CCCC2C1. The number of rotatable bonds is 2. The Morgan fingerprint density at radius 1 is 1.28 bits per heavy atom. The van der Waals surface area contributed by atoms with Crippen molar-refractivity contribution in [1.82, 2.24) is 9.80 Å². The van der Waals surface area contributed by atoms with Crippen LogP contribution in [0.15, 0.2) is 0 Å². The molecule has 104 valence electrons. The summed E-state index contributed by atoms with van der Waals surface area (Å²) in [6.07, 6.45) is 5.43. The zero-order valence-electron chi connectivity index (χ0n) is 11.6. The minimum absolute atomic E-state index is 0.295. The van der Waals surface area contributed by atoms with Gasteiger partial charge in [0.25, 0.3) is 0 Å². The Morgan fingerprint density at radius 3 is 2.83 bits per heavy atom. The monoisotopic (exact) mass is 269 g/mol. The second-order valence-corrected chi connectivity index (χ2v) is 7.65. The predicted octanol–water partition coefficient (Wildman–Crippen LogP) is 1.38. The highest BCUT2D eigenvalue weighted by Gasteiger charge is 2.46. The number of nitrogens with two attached hydrogens (primary N) is 1. The van der Waals surface area contributed by atoms with Crippen LogP contribution in [0.5, 0.6) is 0 Å². The second kappa shape index (κ2) is 5.31. The van der Waals surface area contributed by atoms with Gasteiger partial charge < -0.3 is 5.73 Å². The minimum atomic E-state index is 0.295. The quantitative estimate of drug-likeness (QED) is 0.821. The fraction of sp³-hybridized carbons (Fsp3) is 1.00. The van der Waals surface area contributed by atoms with E-state index in [-0.39, 0.29) is 0 Å². The van der Waals surface area contributed by atoms with Gasteiger partial charge in [0, 0.05) is 36.5 Å². The van der Waals surface area contributed by atoms with E-state index in [4.69, 9.17) is 5.73 Å². The van der Waals surface area contributed by atoms with Crippen molar-refractivity contribution in [2.45, 2.75) is 49.4 Å². The molecule has 0 aromatic rings.